The van der Waals surface area contributed by atoms with Gasteiger partial charge in [-0.05, 0) is 47.6 Å². The Morgan fingerprint density at radius 3 is 1.92 bits per heavy atom. The Morgan fingerprint density at radius 1 is 1.15 bits per heavy atom. The summed E-state index contributed by atoms with van der Waals surface area (Å²) >= 11 is 0. The molecule has 0 aromatic rings. The average molecular weight is 184 g/mol. The van der Waals surface area contributed by atoms with Gasteiger partial charge in [-0.1, -0.05) is 0 Å². The molecule has 2 nitrogen and oxygen atoms in total. The molecule has 0 unspecified atom stereocenters. The summed E-state index contributed by atoms with van der Waals surface area (Å²) in [6.45, 7) is 11.7. The van der Waals surface area contributed by atoms with Crippen molar-refractivity contribution < 1.29 is 0 Å². The van der Waals surface area contributed by atoms with E-state index in [4.69, 9.17) is 0 Å². The number of nitrogens with one attached hydrogen (secondary N) is 1. The molecule has 13 heavy (non-hydrogen) atoms. The van der Waals surface area contributed by atoms with Crippen LogP contribution in [0.4, 0.5) is 0 Å². The number of piperidine rings is 1. The van der Waals surface area contributed by atoms with E-state index in [1.807, 2.05) is 0 Å². The van der Waals surface area contributed by atoms with Crippen molar-refractivity contribution in [1.82, 2.24) is 10.2 Å². The second-order valence-electron chi connectivity index (χ2n) is 5.47. The second kappa shape index (κ2) is 3.58. The maximum absolute atomic E-state index is 3.43. The third kappa shape index (κ3) is 2.68. The second-order valence-corrected chi connectivity index (χ2v) is 5.47. The van der Waals surface area contributed by atoms with Gasteiger partial charge >= 0.3 is 0 Å². The van der Waals surface area contributed by atoms with Gasteiger partial charge in [0.2, 0.25) is 0 Å². The molecule has 0 radical (unpaired) electrons. The van der Waals surface area contributed by atoms with E-state index >= 15 is 0 Å². The predicted molar refractivity (Wildman–Crippen MR) is 58.0 cm³/mol. The van der Waals surface area contributed by atoms with Gasteiger partial charge in [-0.2, -0.15) is 0 Å². The molecule has 0 saturated carbocycles. The Balaban J connectivity index is 2.48. The Bertz CT molecular complexity index is 161. The van der Waals surface area contributed by atoms with Crippen LogP contribution in [0.15, 0.2) is 0 Å². The fraction of sp³-hybridized carbons (Fsp3) is 1.00. The SMILES string of the molecule is CNC1(C)CCN(C(C)(C)C)CC1. The van der Waals surface area contributed by atoms with Gasteiger partial charge in [0.15, 0.2) is 0 Å². The molecule has 1 fully saturated rings. The molecule has 0 atom stereocenters. The standard InChI is InChI=1S/C11H24N2/c1-10(2,3)13-8-6-11(4,12-5)7-9-13/h12H,6-9H2,1-5H3. The van der Waals surface area contributed by atoms with Crippen molar-refractivity contribution in [3.8, 4) is 0 Å². The van der Waals surface area contributed by atoms with Gasteiger partial charge in [0.05, 0.1) is 0 Å². The number of rotatable bonds is 1. The fourth-order valence-electron chi connectivity index (χ4n) is 1.92. The molecule has 0 bridgehead atoms. The van der Waals surface area contributed by atoms with Crippen molar-refractivity contribution in [2.75, 3.05) is 20.1 Å². The van der Waals surface area contributed by atoms with E-state index in [0.717, 1.165) is 0 Å². The van der Waals surface area contributed by atoms with Crippen LogP contribution in [0, 0.1) is 0 Å². The summed E-state index contributed by atoms with van der Waals surface area (Å²) in [7, 11) is 2.08. The van der Waals surface area contributed by atoms with Crippen molar-refractivity contribution in [3.05, 3.63) is 0 Å². The van der Waals surface area contributed by atoms with Gasteiger partial charge < -0.3 is 5.32 Å². The Labute approximate surface area is 82.7 Å². The largest absolute Gasteiger partial charge is 0.314 e. The molecular weight excluding hydrogens is 160 g/mol. The Hall–Kier alpha value is -0.0800. The molecule has 2 heteroatoms. The van der Waals surface area contributed by atoms with E-state index in [-0.39, 0.29) is 0 Å². The van der Waals surface area contributed by atoms with Gasteiger partial charge in [0.1, 0.15) is 0 Å². The van der Waals surface area contributed by atoms with Crippen LogP contribution in [0.3, 0.4) is 0 Å². The molecule has 1 saturated heterocycles. The van der Waals surface area contributed by atoms with Crippen LogP contribution in [0.25, 0.3) is 0 Å². The number of hydrogen-bond donors (Lipinski definition) is 1. The van der Waals surface area contributed by atoms with E-state index < -0.39 is 0 Å². The Kier molecular flexibility index (Phi) is 3.03. The Morgan fingerprint density at radius 2 is 1.62 bits per heavy atom. The minimum atomic E-state index is 0.342. The van der Waals surface area contributed by atoms with Crippen molar-refractivity contribution in [2.24, 2.45) is 0 Å². The molecule has 0 amide bonds. The lowest BCUT2D eigenvalue weighted by Crippen LogP contribution is -2.54. The van der Waals surface area contributed by atoms with Crippen LogP contribution < -0.4 is 5.32 Å². The first-order valence-electron chi connectivity index (χ1n) is 5.31. The van der Waals surface area contributed by atoms with E-state index in [1.54, 1.807) is 0 Å². The van der Waals surface area contributed by atoms with Crippen LogP contribution in [0.5, 0.6) is 0 Å². The highest BCUT2D eigenvalue weighted by atomic mass is 15.2. The van der Waals surface area contributed by atoms with Gasteiger partial charge in [0, 0.05) is 24.2 Å². The zero-order valence-corrected chi connectivity index (χ0v) is 9.78. The molecule has 1 N–H and O–H groups in total. The summed E-state index contributed by atoms with van der Waals surface area (Å²) in [5.74, 6) is 0. The highest BCUT2D eigenvalue weighted by molar-refractivity contribution is 4.91. The fourth-order valence-corrected chi connectivity index (χ4v) is 1.92. The van der Waals surface area contributed by atoms with E-state index in [2.05, 4.69) is 45.0 Å². The number of likely N-dealkylation sites (tertiary alicyclic amines) is 1. The van der Waals surface area contributed by atoms with Gasteiger partial charge in [-0.15, -0.1) is 0 Å². The zero-order chi connectivity index (χ0) is 10.1. The molecule has 1 aliphatic heterocycles. The smallest absolute Gasteiger partial charge is 0.0174 e. The first-order valence-corrected chi connectivity index (χ1v) is 5.31. The monoisotopic (exact) mass is 184 g/mol. The first-order chi connectivity index (χ1) is 5.87. The van der Waals surface area contributed by atoms with Crippen molar-refractivity contribution >= 4 is 0 Å². The van der Waals surface area contributed by atoms with E-state index in [9.17, 15) is 0 Å². The normalized spacial score (nSPS) is 24.7. The van der Waals surface area contributed by atoms with Crippen LogP contribution in [-0.2, 0) is 0 Å². The maximum Gasteiger partial charge on any atom is 0.0174 e. The van der Waals surface area contributed by atoms with Crippen LogP contribution in [0.1, 0.15) is 40.5 Å². The number of nitrogens with zero attached hydrogens (tertiary/aromatic N) is 1. The molecule has 0 aromatic heterocycles. The lowest BCUT2D eigenvalue weighted by atomic mass is 9.87. The van der Waals surface area contributed by atoms with E-state index in [1.165, 1.54) is 25.9 Å². The van der Waals surface area contributed by atoms with Crippen LogP contribution >= 0.6 is 0 Å². The molecule has 78 valence electrons. The first kappa shape index (κ1) is 11.0. The number of hydrogen-bond acceptors (Lipinski definition) is 2. The van der Waals surface area contributed by atoms with Gasteiger partial charge in [-0.3, -0.25) is 4.90 Å². The van der Waals surface area contributed by atoms with Gasteiger partial charge in [-0.25, -0.2) is 0 Å². The zero-order valence-electron chi connectivity index (χ0n) is 9.78. The summed E-state index contributed by atoms with van der Waals surface area (Å²) < 4.78 is 0. The summed E-state index contributed by atoms with van der Waals surface area (Å²) in [5.41, 5.74) is 0.719. The minimum Gasteiger partial charge on any atom is -0.314 e. The highest BCUT2D eigenvalue weighted by Gasteiger charge is 2.32. The average Bonchev–Trinajstić information content (AvgIpc) is 2.04. The molecular formula is C11H24N2. The van der Waals surface area contributed by atoms with Crippen LogP contribution in [0.2, 0.25) is 0 Å². The molecule has 1 heterocycles. The highest BCUT2D eigenvalue weighted by Crippen LogP contribution is 2.25. The lowest BCUT2D eigenvalue weighted by Gasteiger charge is -2.45. The molecule has 0 aliphatic carbocycles. The quantitative estimate of drug-likeness (QED) is 0.669. The molecule has 0 spiro atoms. The predicted octanol–water partition coefficient (Wildman–Crippen LogP) is 1.86. The molecule has 1 aliphatic rings. The minimum absolute atomic E-state index is 0.342. The summed E-state index contributed by atoms with van der Waals surface area (Å²) in [4.78, 5) is 2.58. The lowest BCUT2D eigenvalue weighted by molar-refractivity contribution is 0.0721. The summed E-state index contributed by atoms with van der Waals surface area (Å²) in [6.07, 6.45) is 2.53. The molecule has 1 rings (SSSR count). The van der Waals surface area contributed by atoms with Gasteiger partial charge in [0.25, 0.3) is 0 Å². The summed E-state index contributed by atoms with van der Waals surface area (Å²) in [6, 6.07) is 0. The third-order valence-corrected chi connectivity index (χ3v) is 3.42. The molecule has 0 aromatic carbocycles. The van der Waals surface area contributed by atoms with Crippen molar-refractivity contribution in [2.45, 2.75) is 51.6 Å². The van der Waals surface area contributed by atoms with Crippen molar-refractivity contribution in [1.29, 1.82) is 0 Å². The summed E-state index contributed by atoms with van der Waals surface area (Å²) in [5, 5.41) is 3.43. The van der Waals surface area contributed by atoms with Crippen LogP contribution in [-0.4, -0.2) is 36.1 Å². The maximum atomic E-state index is 3.43. The van der Waals surface area contributed by atoms with Crippen molar-refractivity contribution in [3.63, 3.8) is 0 Å². The topological polar surface area (TPSA) is 15.3 Å². The van der Waals surface area contributed by atoms with E-state index in [0.29, 0.717) is 11.1 Å². The third-order valence-electron chi connectivity index (χ3n) is 3.42.